The van der Waals surface area contributed by atoms with E-state index in [4.69, 9.17) is 18.0 Å². The van der Waals surface area contributed by atoms with Crippen LogP contribution in [0.5, 0.6) is 0 Å². The molecular weight excluding hydrogens is 220 g/mol. The van der Waals surface area contributed by atoms with Gasteiger partial charge >= 0.3 is 0 Å². The molecule has 0 heterocycles. The topological polar surface area (TPSA) is 55.1 Å². The van der Waals surface area contributed by atoms with Gasteiger partial charge in [-0.15, -0.1) is 0 Å². The molecule has 4 heteroatoms. The van der Waals surface area contributed by atoms with Gasteiger partial charge in [0.2, 0.25) is 5.91 Å². The summed E-state index contributed by atoms with van der Waals surface area (Å²) < 4.78 is 0. The second kappa shape index (κ2) is 4.70. The van der Waals surface area contributed by atoms with Gasteiger partial charge in [0.05, 0.1) is 10.5 Å². The quantitative estimate of drug-likeness (QED) is 0.746. The average molecular weight is 242 g/mol. The normalized spacial score (nSPS) is 20.2. The Balaban J connectivity index is 2.67. The second-order valence-corrected chi connectivity index (χ2v) is 6.00. The molecule has 0 atom stereocenters. The molecule has 0 aromatic heterocycles. The highest BCUT2D eigenvalue weighted by atomic mass is 32.1. The van der Waals surface area contributed by atoms with Crippen LogP contribution in [0, 0.1) is 5.41 Å². The van der Waals surface area contributed by atoms with Crippen LogP contribution in [0.2, 0.25) is 0 Å². The van der Waals surface area contributed by atoms with Crippen LogP contribution in [0.3, 0.4) is 0 Å². The van der Waals surface area contributed by atoms with Crippen molar-refractivity contribution in [1.82, 2.24) is 5.32 Å². The highest BCUT2D eigenvalue weighted by Gasteiger charge is 2.37. The van der Waals surface area contributed by atoms with Crippen molar-refractivity contribution in [2.45, 2.75) is 58.4 Å². The van der Waals surface area contributed by atoms with Crippen molar-refractivity contribution in [2.24, 2.45) is 11.1 Å². The first-order valence-electron chi connectivity index (χ1n) is 5.90. The molecule has 92 valence electrons. The first-order chi connectivity index (χ1) is 7.28. The van der Waals surface area contributed by atoms with Crippen molar-refractivity contribution < 1.29 is 4.79 Å². The number of amides is 1. The molecule has 0 bridgehead atoms. The molecule has 0 aromatic rings. The zero-order chi connectivity index (χ0) is 12.4. The number of hydrogen-bond acceptors (Lipinski definition) is 2. The van der Waals surface area contributed by atoms with E-state index in [9.17, 15) is 4.79 Å². The number of carbonyl (C=O) groups is 1. The predicted octanol–water partition coefficient (Wildman–Crippen LogP) is 2.14. The van der Waals surface area contributed by atoms with Gasteiger partial charge in [-0.2, -0.15) is 0 Å². The monoisotopic (exact) mass is 242 g/mol. The van der Waals surface area contributed by atoms with Gasteiger partial charge in [0.25, 0.3) is 0 Å². The summed E-state index contributed by atoms with van der Waals surface area (Å²) in [4.78, 5) is 12.5. The molecule has 0 radical (unpaired) electrons. The molecular formula is C12H22N2OS. The van der Waals surface area contributed by atoms with Crippen LogP contribution in [0.4, 0.5) is 0 Å². The van der Waals surface area contributed by atoms with E-state index in [-0.39, 0.29) is 11.3 Å². The molecule has 0 saturated heterocycles. The van der Waals surface area contributed by atoms with Gasteiger partial charge in [-0.05, 0) is 26.7 Å². The zero-order valence-corrected chi connectivity index (χ0v) is 11.2. The van der Waals surface area contributed by atoms with E-state index in [1.807, 2.05) is 20.8 Å². The van der Waals surface area contributed by atoms with E-state index in [0.29, 0.717) is 4.99 Å². The van der Waals surface area contributed by atoms with Crippen LogP contribution >= 0.6 is 12.2 Å². The van der Waals surface area contributed by atoms with Crippen molar-refractivity contribution in [2.75, 3.05) is 0 Å². The van der Waals surface area contributed by atoms with E-state index < -0.39 is 5.54 Å². The molecule has 0 unspecified atom stereocenters. The predicted molar refractivity (Wildman–Crippen MR) is 70.2 cm³/mol. The van der Waals surface area contributed by atoms with E-state index in [0.717, 1.165) is 25.7 Å². The van der Waals surface area contributed by atoms with E-state index in [2.05, 4.69) is 5.32 Å². The minimum absolute atomic E-state index is 0.0880. The van der Waals surface area contributed by atoms with Crippen molar-refractivity contribution in [1.29, 1.82) is 0 Å². The Morgan fingerprint density at radius 1 is 1.31 bits per heavy atom. The van der Waals surface area contributed by atoms with Crippen LogP contribution in [0.1, 0.15) is 52.9 Å². The summed E-state index contributed by atoms with van der Waals surface area (Å²) >= 11 is 4.95. The lowest BCUT2D eigenvalue weighted by Crippen LogP contribution is -2.56. The van der Waals surface area contributed by atoms with Gasteiger partial charge in [-0.25, -0.2) is 0 Å². The lowest BCUT2D eigenvalue weighted by atomic mass is 9.74. The minimum atomic E-state index is -0.590. The lowest BCUT2D eigenvalue weighted by Gasteiger charge is -2.36. The van der Waals surface area contributed by atoms with Crippen LogP contribution in [-0.2, 0) is 4.79 Å². The van der Waals surface area contributed by atoms with E-state index in [1.165, 1.54) is 6.42 Å². The third-order valence-electron chi connectivity index (χ3n) is 3.55. The standard InChI is InChI=1S/C12H22N2OS/c1-11(2,9(13)16)14-10(15)12(3)7-5-4-6-8-12/h4-8H2,1-3H3,(H2,13,16)(H,14,15). The number of thiocarbonyl (C=S) groups is 1. The highest BCUT2D eigenvalue weighted by Crippen LogP contribution is 2.36. The minimum Gasteiger partial charge on any atom is -0.391 e. The molecule has 0 aromatic carbocycles. The Morgan fingerprint density at radius 3 is 2.25 bits per heavy atom. The lowest BCUT2D eigenvalue weighted by molar-refractivity contribution is -0.132. The van der Waals surface area contributed by atoms with Crippen molar-refractivity contribution in [3.63, 3.8) is 0 Å². The van der Waals surface area contributed by atoms with Crippen LogP contribution < -0.4 is 11.1 Å². The number of nitrogens with two attached hydrogens (primary N) is 1. The molecule has 1 rings (SSSR count). The van der Waals surface area contributed by atoms with Crippen molar-refractivity contribution in [3.05, 3.63) is 0 Å². The third-order valence-corrected chi connectivity index (χ3v) is 4.06. The van der Waals surface area contributed by atoms with E-state index >= 15 is 0 Å². The Morgan fingerprint density at radius 2 is 1.81 bits per heavy atom. The summed E-state index contributed by atoms with van der Waals surface area (Å²) in [5, 5.41) is 2.96. The molecule has 1 aliphatic carbocycles. The number of carbonyl (C=O) groups excluding carboxylic acids is 1. The Bertz CT molecular complexity index is 293. The summed E-state index contributed by atoms with van der Waals surface area (Å²) in [5.41, 5.74) is 4.78. The smallest absolute Gasteiger partial charge is 0.226 e. The second-order valence-electron chi connectivity index (χ2n) is 5.56. The SMILES string of the molecule is CC1(C(=O)NC(C)(C)C(N)=S)CCCCC1. The molecule has 3 nitrogen and oxygen atoms in total. The highest BCUT2D eigenvalue weighted by molar-refractivity contribution is 7.80. The summed E-state index contributed by atoms with van der Waals surface area (Å²) in [6.07, 6.45) is 5.44. The largest absolute Gasteiger partial charge is 0.391 e. The van der Waals surface area contributed by atoms with Gasteiger partial charge in [-0.3, -0.25) is 4.79 Å². The summed E-state index contributed by atoms with van der Waals surface area (Å²) in [7, 11) is 0. The fraction of sp³-hybridized carbons (Fsp3) is 0.833. The summed E-state index contributed by atoms with van der Waals surface area (Å²) in [6, 6.07) is 0. The van der Waals surface area contributed by atoms with Gasteiger partial charge in [0.15, 0.2) is 0 Å². The maximum Gasteiger partial charge on any atom is 0.226 e. The summed E-state index contributed by atoms with van der Waals surface area (Å²) in [6.45, 7) is 5.73. The number of rotatable bonds is 3. The van der Waals surface area contributed by atoms with Gasteiger partial charge in [0.1, 0.15) is 0 Å². The van der Waals surface area contributed by atoms with Crippen LogP contribution in [0.25, 0.3) is 0 Å². The van der Waals surface area contributed by atoms with Crippen molar-refractivity contribution >= 4 is 23.1 Å². The molecule has 1 saturated carbocycles. The summed E-state index contributed by atoms with van der Waals surface area (Å²) in [5.74, 6) is 0.0880. The Hall–Kier alpha value is -0.640. The van der Waals surface area contributed by atoms with Crippen LogP contribution in [0.15, 0.2) is 0 Å². The third kappa shape index (κ3) is 2.94. The molecule has 1 aliphatic rings. The maximum atomic E-state index is 12.2. The van der Waals surface area contributed by atoms with Gasteiger partial charge < -0.3 is 11.1 Å². The Labute approximate surface area is 103 Å². The number of nitrogens with one attached hydrogen (secondary N) is 1. The Kier molecular flexibility index (Phi) is 3.94. The van der Waals surface area contributed by atoms with E-state index in [1.54, 1.807) is 0 Å². The molecule has 1 amide bonds. The number of hydrogen-bond donors (Lipinski definition) is 2. The van der Waals surface area contributed by atoms with Gasteiger partial charge in [0, 0.05) is 5.41 Å². The fourth-order valence-electron chi connectivity index (χ4n) is 2.06. The molecule has 3 N–H and O–H groups in total. The first-order valence-corrected chi connectivity index (χ1v) is 6.31. The van der Waals surface area contributed by atoms with Gasteiger partial charge in [-0.1, -0.05) is 38.4 Å². The molecule has 0 aliphatic heterocycles. The average Bonchev–Trinajstić information content (AvgIpc) is 2.18. The first kappa shape index (κ1) is 13.4. The molecule has 16 heavy (non-hydrogen) atoms. The van der Waals surface area contributed by atoms with Crippen molar-refractivity contribution in [3.8, 4) is 0 Å². The fourth-order valence-corrected chi connectivity index (χ4v) is 2.11. The zero-order valence-electron chi connectivity index (χ0n) is 10.4. The molecule has 0 spiro atoms. The maximum absolute atomic E-state index is 12.2. The van der Waals surface area contributed by atoms with Crippen LogP contribution in [-0.4, -0.2) is 16.4 Å². The molecule has 1 fully saturated rings.